The summed E-state index contributed by atoms with van der Waals surface area (Å²) in [4.78, 5) is 2.42. The van der Waals surface area contributed by atoms with E-state index in [2.05, 4.69) is 267 Å². The minimum Gasteiger partial charge on any atom is -0.310 e. The van der Waals surface area contributed by atoms with Gasteiger partial charge in [-0.15, -0.1) is 0 Å². The van der Waals surface area contributed by atoms with E-state index in [1.165, 1.54) is 111 Å². The Kier molecular flexibility index (Phi) is 8.61. The molecule has 0 saturated heterocycles. The molecule has 0 atom stereocenters. The quantitative estimate of drug-likeness (QED) is 0.161. The lowest BCUT2D eigenvalue weighted by Crippen LogP contribution is -2.26. The second-order valence-corrected chi connectivity index (χ2v) is 19.6. The molecule has 1 nitrogen and oxygen atoms in total. The molecule has 0 aromatic heterocycles. The average Bonchev–Trinajstić information content (AvgIpc) is 3.97. The Morgan fingerprint density at radius 3 is 1.39 bits per heavy atom. The van der Waals surface area contributed by atoms with Crippen molar-refractivity contribution in [2.45, 2.75) is 24.7 Å². The largest absolute Gasteiger partial charge is 0.310 e. The molecular formula is C68H47N. The van der Waals surface area contributed by atoms with Crippen LogP contribution in [0.15, 0.2) is 249 Å². The van der Waals surface area contributed by atoms with Crippen molar-refractivity contribution in [1.29, 1.82) is 0 Å². The fourth-order valence-corrected chi connectivity index (χ4v) is 12.6. The Morgan fingerprint density at radius 2 is 0.710 bits per heavy atom. The lowest BCUT2D eigenvalue weighted by atomic mass is 9.68. The van der Waals surface area contributed by atoms with Crippen LogP contribution in [0.25, 0.3) is 77.5 Å². The fraction of sp³-hybridized carbons (Fsp3) is 0.0588. The monoisotopic (exact) mass is 877 g/mol. The second-order valence-electron chi connectivity index (χ2n) is 19.6. The van der Waals surface area contributed by atoms with Gasteiger partial charge in [0.05, 0.1) is 5.41 Å². The summed E-state index contributed by atoms with van der Waals surface area (Å²) in [5.41, 5.74) is 26.2. The van der Waals surface area contributed by atoms with Crippen molar-refractivity contribution in [3.63, 3.8) is 0 Å². The Balaban J connectivity index is 0.890. The smallest absolute Gasteiger partial charge is 0.0731 e. The summed E-state index contributed by atoms with van der Waals surface area (Å²) in [5, 5.41) is 2.51. The van der Waals surface area contributed by atoms with Gasteiger partial charge in [0, 0.05) is 22.5 Å². The van der Waals surface area contributed by atoms with Crippen LogP contribution in [0.1, 0.15) is 47.2 Å². The molecule has 1 spiro atoms. The third-order valence-electron chi connectivity index (χ3n) is 15.7. The van der Waals surface area contributed by atoms with Gasteiger partial charge in [-0.2, -0.15) is 0 Å². The van der Waals surface area contributed by atoms with Gasteiger partial charge >= 0.3 is 0 Å². The van der Waals surface area contributed by atoms with Gasteiger partial charge in [0.25, 0.3) is 0 Å². The molecule has 0 fully saturated rings. The van der Waals surface area contributed by atoms with Gasteiger partial charge in [-0.05, 0) is 153 Å². The maximum absolute atomic E-state index is 2.51. The van der Waals surface area contributed by atoms with Crippen molar-refractivity contribution < 1.29 is 0 Å². The number of fused-ring (bicyclic) bond motifs is 14. The molecule has 69 heavy (non-hydrogen) atoms. The summed E-state index contributed by atoms with van der Waals surface area (Å²) in [5.74, 6) is 0. The van der Waals surface area contributed by atoms with Gasteiger partial charge in [0.15, 0.2) is 0 Å². The van der Waals surface area contributed by atoms with Gasteiger partial charge in [-0.1, -0.05) is 220 Å². The molecule has 0 N–H and O–H groups in total. The van der Waals surface area contributed by atoms with Crippen molar-refractivity contribution >= 4 is 27.8 Å². The Labute approximate surface area is 404 Å². The maximum Gasteiger partial charge on any atom is 0.0731 e. The Morgan fingerprint density at radius 1 is 0.275 bits per heavy atom. The van der Waals surface area contributed by atoms with Crippen molar-refractivity contribution in [2.75, 3.05) is 4.90 Å². The topological polar surface area (TPSA) is 3.24 Å². The van der Waals surface area contributed by atoms with E-state index in [0.29, 0.717) is 0 Å². The minimum absolute atomic E-state index is 0.261. The van der Waals surface area contributed by atoms with Crippen LogP contribution in [-0.2, 0) is 10.8 Å². The van der Waals surface area contributed by atoms with E-state index >= 15 is 0 Å². The lowest BCUT2D eigenvalue weighted by Gasteiger charge is -2.32. The molecular weight excluding hydrogens is 831 g/mol. The zero-order chi connectivity index (χ0) is 45.8. The van der Waals surface area contributed by atoms with Crippen LogP contribution in [0.4, 0.5) is 17.1 Å². The number of anilines is 3. The predicted molar refractivity (Wildman–Crippen MR) is 289 cm³/mol. The third-order valence-corrected chi connectivity index (χ3v) is 15.7. The third kappa shape index (κ3) is 5.71. The van der Waals surface area contributed by atoms with Crippen LogP contribution < -0.4 is 4.90 Å². The van der Waals surface area contributed by atoms with Gasteiger partial charge in [0.1, 0.15) is 0 Å². The number of nitrogens with zero attached hydrogens (tertiary/aromatic N) is 1. The fourth-order valence-electron chi connectivity index (χ4n) is 12.6. The number of hydrogen-bond donors (Lipinski definition) is 0. The standard InChI is InChI=1S/C68H47N/c1-67(2)64-42-48(54-25-15-26-60-57-23-10-13-29-63(57)68(66(54)60)61-27-11-8-21-55(61)56-22-9-12-28-62(56)68)34-40-58(64)59-41-39-51(43-65(59)67)69(49-35-30-45(31-36-49)44-16-4-3-5-17-44)50-37-32-47(33-38-50)53-24-14-19-46-18-6-7-20-52(46)53/h3-43H,1-2H3. The molecule has 1 heteroatoms. The van der Waals surface area contributed by atoms with Crippen molar-refractivity contribution in [3.05, 3.63) is 282 Å². The van der Waals surface area contributed by atoms with Crippen LogP contribution in [0.3, 0.4) is 0 Å². The molecule has 3 aliphatic rings. The first-order valence-corrected chi connectivity index (χ1v) is 24.2. The first-order chi connectivity index (χ1) is 34.0. The average molecular weight is 878 g/mol. The molecule has 3 aliphatic carbocycles. The molecule has 0 bridgehead atoms. The number of rotatable bonds is 6. The summed E-state index contributed by atoms with van der Waals surface area (Å²) in [7, 11) is 0. The highest BCUT2D eigenvalue weighted by molar-refractivity contribution is 6.00. The van der Waals surface area contributed by atoms with Gasteiger partial charge in [0.2, 0.25) is 0 Å². The van der Waals surface area contributed by atoms with E-state index in [9.17, 15) is 0 Å². The highest BCUT2D eigenvalue weighted by Gasteiger charge is 2.52. The van der Waals surface area contributed by atoms with E-state index in [-0.39, 0.29) is 5.41 Å². The number of benzene rings is 11. The molecule has 324 valence electrons. The molecule has 14 rings (SSSR count). The highest BCUT2D eigenvalue weighted by atomic mass is 15.1. The number of hydrogen-bond acceptors (Lipinski definition) is 1. The second kappa shape index (κ2) is 15.0. The van der Waals surface area contributed by atoms with Crippen molar-refractivity contribution in [3.8, 4) is 66.8 Å². The molecule has 11 aromatic carbocycles. The molecule has 11 aromatic rings. The molecule has 0 unspecified atom stereocenters. The van der Waals surface area contributed by atoms with Gasteiger partial charge in [-0.3, -0.25) is 0 Å². The van der Waals surface area contributed by atoms with Crippen LogP contribution in [0.5, 0.6) is 0 Å². The summed E-state index contributed by atoms with van der Waals surface area (Å²) in [6.07, 6.45) is 0. The van der Waals surface area contributed by atoms with Crippen LogP contribution >= 0.6 is 0 Å². The summed E-state index contributed by atoms with van der Waals surface area (Å²) < 4.78 is 0. The first kappa shape index (κ1) is 39.6. The van der Waals surface area contributed by atoms with E-state index in [1.54, 1.807) is 0 Å². The van der Waals surface area contributed by atoms with E-state index in [4.69, 9.17) is 0 Å². The van der Waals surface area contributed by atoms with Crippen molar-refractivity contribution in [2.24, 2.45) is 0 Å². The van der Waals surface area contributed by atoms with Crippen LogP contribution in [0.2, 0.25) is 0 Å². The molecule has 0 heterocycles. The van der Waals surface area contributed by atoms with Crippen LogP contribution in [-0.4, -0.2) is 0 Å². The summed E-state index contributed by atoms with van der Waals surface area (Å²) in [6.45, 7) is 4.83. The van der Waals surface area contributed by atoms with E-state index < -0.39 is 5.41 Å². The molecule has 0 aliphatic heterocycles. The molecule has 0 amide bonds. The summed E-state index contributed by atoms with van der Waals surface area (Å²) in [6, 6.07) is 92.8. The molecule has 0 radical (unpaired) electrons. The Bertz CT molecular complexity index is 3790. The maximum atomic E-state index is 2.51. The van der Waals surface area contributed by atoms with Gasteiger partial charge in [-0.25, -0.2) is 0 Å². The zero-order valence-electron chi connectivity index (χ0n) is 38.6. The predicted octanol–water partition coefficient (Wildman–Crippen LogP) is 18.0. The van der Waals surface area contributed by atoms with Crippen LogP contribution in [0, 0.1) is 0 Å². The summed E-state index contributed by atoms with van der Waals surface area (Å²) >= 11 is 0. The zero-order valence-corrected chi connectivity index (χ0v) is 38.6. The molecule has 0 saturated carbocycles. The minimum atomic E-state index is -0.419. The highest BCUT2D eigenvalue weighted by Crippen LogP contribution is 2.65. The van der Waals surface area contributed by atoms with E-state index in [0.717, 1.165) is 17.1 Å². The lowest BCUT2D eigenvalue weighted by molar-refractivity contribution is 0.660. The van der Waals surface area contributed by atoms with Crippen molar-refractivity contribution in [1.82, 2.24) is 0 Å². The van der Waals surface area contributed by atoms with E-state index in [1.807, 2.05) is 0 Å². The van der Waals surface area contributed by atoms with Gasteiger partial charge < -0.3 is 4.90 Å². The normalized spacial score (nSPS) is 13.9. The SMILES string of the molecule is CC1(C)c2cc(-c3cccc4c3C3(c5ccccc5-c5ccccc53)c3ccccc3-4)ccc2-c2ccc(N(c3ccc(-c4ccccc4)cc3)c3ccc(-c4cccc5ccccc45)cc3)cc21. The Hall–Kier alpha value is -8.52. The first-order valence-electron chi connectivity index (χ1n) is 24.2.